The summed E-state index contributed by atoms with van der Waals surface area (Å²) < 4.78 is 5.71. The van der Waals surface area contributed by atoms with Crippen molar-refractivity contribution in [1.29, 1.82) is 0 Å². The molecule has 4 fully saturated rings. The van der Waals surface area contributed by atoms with Crippen molar-refractivity contribution in [2.24, 2.45) is 23.2 Å². The number of aryl methyl sites for hydroxylation is 2. The molecule has 0 amide bonds. The Labute approximate surface area is 138 Å². The van der Waals surface area contributed by atoms with Crippen LogP contribution in [0.15, 0.2) is 18.2 Å². The van der Waals surface area contributed by atoms with Crippen molar-refractivity contribution in [2.45, 2.75) is 58.3 Å². The van der Waals surface area contributed by atoms with Crippen molar-refractivity contribution >= 4 is 5.97 Å². The van der Waals surface area contributed by atoms with E-state index in [1.807, 2.05) is 25.1 Å². The van der Waals surface area contributed by atoms with E-state index in [1.165, 1.54) is 19.3 Å². The zero-order chi connectivity index (χ0) is 15.9. The van der Waals surface area contributed by atoms with E-state index in [1.54, 1.807) is 0 Å². The zero-order valence-electron chi connectivity index (χ0n) is 14.1. The molecule has 1 aromatic rings. The van der Waals surface area contributed by atoms with Crippen molar-refractivity contribution in [2.75, 3.05) is 6.61 Å². The molecule has 0 N–H and O–H groups in total. The molecule has 3 nitrogen and oxygen atoms in total. The van der Waals surface area contributed by atoms with Crippen molar-refractivity contribution in [3.8, 4) is 0 Å². The van der Waals surface area contributed by atoms with Crippen LogP contribution in [0.2, 0.25) is 0 Å². The van der Waals surface area contributed by atoms with Crippen LogP contribution in [-0.4, -0.2) is 17.6 Å². The monoisotopic (exact) mass is 313 g/mol. The maximum Gasteiger partial charge on any atom is 0.312 e. The highest BCUT2D eigenvalue weighted by Crippen LogP contribution is 2.60. The Hall–Kier alpha value is -1.38. The molecule has 4 saturated carbocycles. The van der Waals surface area contributed by atoms with Crippen LogP contribution in [0.5, 0.6) is 0 Å². The molecule has 4 aliphatic rings. The highest BCUT2D eigenvalue weighted by atomic mass is 16.5. The largest absolute Gasteiger partial charge is 0.465 e. The predicted molar refractivity (Wildman–Crippen MR) is 88.9 cm³/mol. The minimum absolute atomic E-state index is 0.105. The van der Waals surface area contributed by atoms with E-state index in [0.717, 1.165) is 61.2 Å². The number of nitrogens with zero attached hydrogens (tertiary/aromatic N) is 1. The first-order valence-electron chi connectivity index (χ1n) is 9.23. The molecule has 0 radical (unpaired) electrons. The molecule has 0 atom stereocenters. The van der Waals surface area contributed by atoms with Gasteiger partial charge in [-0.15, -0.1) is 0 Å². The van der Waals surface area contributed by atoms with Gasteiger partial charge in [0.1, 0.15) is 0 Å². The first kappa shape index (κ1) is 15.2. The Morgan fingerprint density at radius 3 is 2.43 bits per heavy atom. The molecular formula is C20H27NO2. The lowest BCUT2D eigenvalue weighted by molar-refractivity contribution is -0.171. The minimum Gasteiger partial charge on any atom is -0.465 e. The normalized spacial score (nSPS) is 34.6. The van der Waals surface area contributed by atoms with Gasteiger partial charge in [0.2, 0.25) is 0 Å². The number of hydrogen-bond acceptors (Lipinski definition) is 3. The Morgan fingerprint density at radius 2 is 1.83 bits per heavy atom. The molecule has 5 rings (SSSR count). The van der Waals surface area contributed by atoms with Crippen LogP contribution in [0.25, 0.3) is 0 Å². The molecule has 4 bridgehead atoms. The Bertz CT molecular complexity index is 560. The van der Waals surface area contributed by atoms with Gasteiger partial charge in [-0.1, -0.05) is 6.07 Å². The van der Waals surface area contributed by atoms with Gasteiger partial charge in [-0.3, -0.25) is 9.78 Å². The molecule has 1 aromatic heterocycles. The van der Waals surface area contributed by atoms with E-state index in [2.05, 4.69) is 4.98 Å². The van der Waals surface area contributed by atoms with E-state index in [4.69, 9.17) is 4.74 Å². The number of esters is 1. The molecule has 0 unspecified atom stereocenters. The average Bonchev–Trinajstić information content (AvgIpc) is 2.50. The van der Waals surface area contributed by atoms with Crippen LogP contribution in [0.1, 0.15) is 56.3 Å². The summed E-state index contributed by atoms with van der Waals surface area (Å²) in [5.41, 5.74) is 2.03. The molecule has 0 saturated heterocycles. The van der Waals surface area contributed by atoms with Crippen molar-refractivity contribution in [3.63, 3.8) is 0 Å². The van der Waals surface area contributed by atoms with Gasteiger partial charge in [0.25, 0.3) is 0 Å². The number of aromatic nitrogens is 1. The smallest absolute Gasteiger partial charge is 0.312 e. The number of pyridine rings is 1. The zero-order valence-corrected chi connectivity index (χ0v) is 14.1. The van der Waals surface area contributed by atoms with Crippen molar-refractivity contribution in [1.82, 2.24) is 4.98 Å². The maximum atomic E-state index is 12.7. The van der Waals surface area contributed by atoms with Crippen LogP contribution in [0.4, 0.5) is 0 Å². The van der Waals surface area contributed by atoms with Crippen LogP contribution < -0.4 is 0 Å². The molecular weight excluding hydrogens is 286 g/mol. The van der Waals surface area contributed by atoms with E-state index in [0.29, 0.717) is 6.61 Å². The SMILES string of the molecule is Cc1cccc(CCCOC(=O)C23CC4CC(CC(C4)C2)C3)n1. The van der Waals surface area contributed by atoms with Gasteiger partial charge < -0.3 is 4.74 Å². The van der Waals surface area contributed by atoms with Gasteiger partial charge in [0.15, 0.2) is 0 Å². The summed E-state index contributed by atoms with van der Waals surface area (Å²) in [5.74, 6) is 2.50. The average molecular weight is 313 g/mol. The lowest BCUT2D eigenvalue weighted by Crippen LogP contribution is -2.50. The van der Waals surface area contributed by atoms with Gasteiger partial charge in [0, 0.05) is 11.4 Å². The summed E-state index contributed by atoms with van der Waals surface area (Å²) in [6.07, 6.45) is 9.14. The lowest BCUT2D eigenvalue weighted by atomic mass is 9.49. The van der Waals surface area contributed by atoms with Crippen LogP contribution >= 0.6 is 0 Å². The molecule has 0 aromatic carbocycles. The third-order valence-corrected chi connectivity index (χ3v) is 6.23. The Morgan fingerprint density at radius 1 is 1.17 bits per heavy atom. The van der Waals surface area contributed by atoms with Gasteiger partial charge in [-0.05, 0) is 88.2 Å². The second-order valence-electron chi connectivity index (χ2n) is 8.21. The predicted octanol–water partition coefficient (Wildman–Crippen LogP) is 4.08. The fraction of sp³-hybridized carbons (Fsp3) is 0.700. The number of carbonyl (C=O) groups excluding carboxylic acids is 1. The second-order valence-corrected chi connectivity index (χ2v) is 8.21. The summed E-state index contributed by atoms with van der Waals surface area (Å²) in [4.78, 5) is 17.2. The summed E-state index contributed by atoms with van der Waals surface area (Å²) in [6.45, 7) is 2.55. The van der Waals surface area contributed by atoms with Crippen LogP contribution in [-0.2, 0) is 16.0 Å². The quantitative estimate of drug-likeness (QED) is 0.607. The second kappa shape index (κ2) is 5.92. The molecule has 0 spiro atoms. The number of carbonyl (C=O) groups is 1. The van der Waals surface area contributed by atoms with Crippen molar-refractivity contribution in [3.05, 3.63) is 29.6 Å². The summed E-state index contributed by atoms with van der Waals surface area (Å²) in [7, 11) is 0. The Kier molecular flexibility index (Phi) is 3.90. The number of hydrogen-bond donors (Lipinski definition) is 0. The van der Waals surface area contributed by atoms with E-state index in [-0.39, 0.29) is 11.4 Å². The fourth-order valence-electron chi connectivity index (χ4n) is 5.67. The third-order valence-electron chi connectivity index (χ3n) is 6.23. The molecule has 0 aliphatic heterocycles. The van der Waals surface area contributed by atoms with E-state index < -0.39 is 0 Å². The number of rotatable bonds is 5. The number of ether oxygens (including phenoxy) is 1. The molecule has 4 aliphatic carbocycles. The Balaban J connectivity index is 1.29. The summed E-state index contributed by atoms with van der Waals surface area (Å²) in [5, 5.41) is 0. The van der Waals surface area contributed by atoms with Gasteiger partial charge in [0.05, 0.1) is 12.0 Å². The van der Waals surface area contributed by atoms with Gasteiger partial charge in [-0.25, -0.2) is 0 Å². The highest BCUT2D eigenvalue weighted by Gasteiger charge is 2.55. The lowest BCUT2D eigenvalue weighted by Gasteiger charge is -2.55. The first-order chi connectivity index (χ1) is 11.1. The van der Waals surface area contributed by atoms with Crippen LogP contribution in [0.3, 0.4) is 0 Å². The molecule has 23 heavy (non-hydrogen) atoms. The van der Waals surface area contributed by atoms with Crippen LogP contribution in [0, 0.1) is 30.1 Å². The summed E-state index contributed by atoms with van der Waals surface area (Å²) >= 11 is 0. The standard InChI is InChI=1S/C20H27NO2/c1-14-4-2-5-18(21-14)6-3-7-23-19(22)20-11-15-8-16(12-20)10-17(9-15)13-20/h2,4-5,15-17H,3,6-13H2,1H3. The van der Waals surface area contributed by atoms with Gasteiger partial charge >= 0.3 is 5.97 Å². The molecule has 1 heterocycles. The molecule has 3 heteroatoms. The maximum absolute atomic E-state index is 12.7. The van der Waals surface area contributed by atoms with Crippen molar-refractivity contribution < 1.29 is 9.53 Å². The minimum atomic E-state index is -0.115. The summed E-state index contributed by atoms with van der Waals surface area (Å²) in [6, 6.07) is 6.10. The van der Waals surface area contributed by atoms with Gasteiger partial charge in [-0.2, -0.15) is 0 Å². The molecule has 124 valence electrons. The van der Waals surface area contributed by atoms with E-state index in [9.17, 15) is 4.79 Å². The highest BCUT2D eigenvalue weighted by molar-refractivity contribution is 5.77. The third kappa shape index (κ3) is 3.02. The van der Waals surface area contributed by atoms with E-state index >= 15 is 0 Å². The topological polar surface area (TPSA) is 39.2 Å². The fourth-order valence-corrected chi connectivity index (χ4v) is 5.67. The first-order valence-corrected chi connectivity index (χ1v) is 9.23.